The Kier molecular flexibility index (Phi) is 6.94. The molecule has 0 spiro atoms. The van der Waals surface area contributed by atoms with Crippen LogP contribution in [0.4, 0.5) is 0 Å². The zero-order valence-electron chi connectivity index (χ0n) is 18.9. The highest BCUT2D eigenvalue weighted by Crippen LogP contribution is 2.45. The molecule has 0 radical (unpaired) electrons. The summed E-state index contributed by atoms with van der Waals surface area (Å²) >= 11 is 0. The number of phenolic OH excluding ortho intramolecular Hbond substituents is 3. The van der Waals surface area contributed by atoms with Gasteiger partial charge in [0, 0.05) is 0 Å². The summed E-state index contributed by atoms with van der Waals surface area (Å²) in [4.78, 5) is 0. The zero-order chi connectivity index (χ0) is 22.6. The summed E-state index contributed by atoms with van der Waals surface area (Å²) in [6.45, 7) is 9.03. The van der Waals surface area contributed by atoms with Crippen LogP contribution in [0, 0.1) is 5.41 Å². The SMILES string of the molecule is CC(CC(CC(c1ccc(O)cc1)C(C)(C)C)c1ccc(O)cc1)c1ccc(O)cc1. The van der Waals surface area contributed by atoms with Gasteiger partial charge in [0.1, 0.15) is 17.2 Å². The maximum absolute atomic E-state index is 9.79. The first-order valence-corrected chi connectivity index (χ1v) is 11.0. The topological polar surface area (TPSA) is 60.7 Å². The van der Waals surface area contributed by atoms with Crippen molar-refractivity contribution in [1.82, 2.24) is 0 Å². The standard InChI is InChI=1S/C28H34O3/c1-19(20-5-11-24(29)12-6-20)17-23(21-7-13-25(30)14-8-21)18-27(28(2,3)4)22-9-15-26(31)16-10-22/h5-16,19,23,27,29-31H,17-18H2,1-4H3. The summed E-state index contributed by atoms with van der Waals surface area (Å²) in [7, 11) is 0. The van der Waals surface area contributed by atoms with Crippen LogP contribution in [-0.4, -0.2) is 15.3 Å². The van der Waals surface area contributed by atoms with E-state index in [1.807, 2.05) is 36.4 Å². The molecule has 0 bridgehead atoms. The van der Waals surface area contributed by atoms with Crippen LogP contribution in [0.1, 0.15) is 75.0 Å². The zero-order valence-corrected chi connectivity index (χ0v) is 18.9. The largest absolute Gasteiger partial charge is 0.508 e. The number of hydrogen-bond acceptors (Lipinski definition) is 3. The second kappa shape index (κ2) is 9.47. The molecule has 31 heavy (non-hydrogen) atoms. The first-order chi connectivity index (χ1) is 14.6. The highest BCUT2D eigenvalue weighted by Gasteiger charge is 2.30. The smallest absolute Gasteiger partial charge is 0.115 e. The van der Waals surface area contributed by atoms with Crippen LogP contribution in [-0.2, 0) is 0 Å². The first kappa shape index (κ1) is 22.7. The average Bonchev–Trinajstić information content (AvgIpc) is 2.72. The van der Waals surface area contributed by atoms with Crippen molar-refractivity contribution in [1.29, 1.82) is 0 Å². The summed E-state index contributed by atoms with van der Waals surface area (Å²) in [6.07, 6.45) is 1.92. The predicted molar refractivity (Wildman–Crippen MR) is 127 cm³/mol. The minimum atomic E-state index is 0.0495. The molecule has 3 heteroatoms. The van der Waals surface area contributed by atoms with E-state index in [1.54, 1.807) is 36.4 Å². The lowest BCUT2D eigenvalue weighted by molar-refractivity contribution is 0.282. The Morgan fingerprint density at radius 3 is 1.39 bits per heavy atom. The highest BCUT2D eigenvalue weighted by atomic mass is 16.3. The molecule has 0 saturated carbocycles. The Hall–Kier alpha value is -2.94. The van der Waals surface area contributed by atoms with Crippen LogP contribution in [0.2, 0.25) is 0 Å². The Morgan fingerprint density at radius 2 is 0.968 bits per heavy atom. The van der Waals surface area contributed by atoms with Crippen LogP contribution in [0.3, 0.4) is 0 Å². The van der Waals surface area contributed by atoms with Crippen molar-refractivity contribution in [2.45, 2.75) is 58.3 Å². The lowest BCUT2D eigenvalue weighted by atomic mass is 9.69. The summed E-state index contributed by atoms with van der Waals surface area (Å²) in [6, 6.07) is 22.7. The van der Waals surface area contributed by atoms with Gasteiger partial charge >= 0.3 is 0 Å². The minimum absolute atomic E-state index is 0.0495. The lowest BCUT2D eigenvalue weighted by Gasteiger charge is -2.35. The van der Waals surface area contributed by atoms with Gasteiger partial charge in [-0.25, -0.2) is 0 Å². The molecule has 0 saturated heterocycles. The van der Waals surface area contributed by atoms with E-state index in [-0.39, 0.29) is 22.7 Å². The van der Waals surface area contributed by atoms with Gasteiger partial charge in [-0.1, -0.05) is 64.1 Å². The van der Waals surface area contributed by atoms with E-state index in [0.29, 0.717) is 17.8 Å². The van der Waals surface area contributed by atoms with E-state index >= 15 is 0 Å². The molecule has 3 nitrogen and oxygen atoms in total. The summed E-state index contributed by atoms with van der Waals surface area (Å²) in [5.41, 5.74) is 3.70. The fourth-order valence-corrected chi connectivity index (χ4v) is 4.46. The van der Waals surface area contributed by atoms with Gasteiger partial charge < -0.3 is 15.3 Å². The maximum atomic E-state index is 9.79. The molecule has 3 N–H and O–H groups in total. The third kappa shape index (κ3) is 6.04. The van der Waals surface area contributed by atoms with E-state index in [0.717, 1.165) is 12.8 Å². The maximum Gasteiger partial charge on any atom is 0.115 e. The van der Waals surface area contributed by atoms with Crippen LogP contribution in [0.15, 0.2) is 72.8 Å². The van der Waals surface area contributed by atoms with Gasteiger partial charge in [0.15, 0.2) is 0 Å². The molecule has 0 aliphatic heterocycles. The molecular formula is C28H34O3. The fraction of sp³-hybridized carbons (Fsp3) is 0.357. The molecule has 0 amide bonds. The molecule has 0 aliphatic rings. The van der Waals surface area contributed by atoms with Gasteiger partial charge in [0.05, 0.1) is 0 Å². The molecule has 164 valence electrons. The van der Waals surface area contributed by atoms with Crippen molar-refractivity contribution in [3.05, 3.63) is 89.5 Å². The molecule has 3 unspecified atom stereocenters. The van der Waals surface area contributed by atoms with Crippen molar-refractivity contribution < 1.29 is 15.3 Å². The van der Waals surface area contributed by atoms with E-state index in [9.17, 15) is 15.3 Å². The van der Waals surface area contributed by atoms with Crippen LogP contribution >= 0.6 is 0 Å². The molecular weight excluding hydrogens is 384 g/mol. The Balaban J connectivity index is 1.93. The van der Waals surface area contributed by atoms with Gasteiger partial charge in [-0.05, 0) is 89.1 Å². The van der Waals surface area contributed by atoms with Gasteiger partial charge in [-0.2, -0.15) is 0 Å². The van der Waals surface area contributed by atoms with Crippen molar-refractivity contribution in [2.24, 2.45) is 5.41 Å². The van der Waals surface area contributed by atoms with Gasteiger partial charge in [-0.15, -0.1) is 0 Å². The van der Waals surface area contributed by atoms with Crippen molar-refractivity contribution in [3.63, 3.8) is 0 Å². The molecule has 0 heterocycles. The Bertz CT molecular complexity index is 951. The third-order valence-corrected chi connectivity index (χ3v) is 6.33. The Morgan fingerprint density at radius 1 is 0.581 bits per heavy atom. The molecule has 0 aromatic heterocycles. The molecule has 3 aromatic rings. The highest BCUT2D eigenvalue weighted by molar-refractivity contribution is 5.33. The van der Waals surface area contributed by atoms with Crippen LogP contribution < -0.4 is 0 Å². The third-order valence-electron chi connectivity index (χ3n) is 6.33. The first-order valence-electron chi connectivity index (χ1n) is 11.0. The van der Waals surface area contributed by atoms with Crippen molar-refractivity contribution in [2.75, 3.05) is 0 Å². The normalized spacial score (nSPS) is 14.7. The molecule has 3 rings (SSSR count). The van der Waals surface area contributed by atoms with Crippen molar-refractivity contribution >= 4 is 0 Å². The number of benzene rings is 3. The van der Waals surface area contributed by atoms with Gasteiger partial charge in [0.2, 0.25) is 0 Å². The minimum Gasteiger partial charge on any atom is -0.508 e. The second-order valence-electron chi connectivity index (χ2n) is 9.76. The van der Waals surface area contributed by atoms with E-state index < -0.39 is 0 Å². The quantitative estimate of drug-likeness (QED) is 0.377. The number of rotatable bonds is 7. The average molecular weight is 419 g/mol. The van der Waals surface area contributed by atoms with E-state index in [2.05, 4.69) is 27.7 Å². The Labute approximate surface area is 186 Å². The predicted octanol–water partition coefficient (Wildman–Crippen LogP) is 7.30. The molecule has 0 aliphatic carbocycles. The molecule has 3 aromatic carbocycles. The van der Waals surface area contributed by atoms with E-state index in [1.165, 1.54) is 16.7 Å². The van der Waals surface area contributed by atoms with Crippen molar-refractivity contribution in [3.8, 4) is 17.2 Å². The summed E-state index contributed by atoms with van der Waals surface area (Å²) < 4.78 is 0. The number of phenols is 3. The molecule has 0 fully saturated rings. The monoisotopic (exact) mass is 418 g/mol. The number of hydrogen-bond donors (Lipinski definition) is 3. The number of aromatic hydroxyl groups is 3. The van der Waals surface area contributed by atoms with E-state index in [4.69, 9.17) is 0 Å². The fourth-order valence-electron chi connectivity index (χ4n) is 4.46. The van der Waals surface area contributed by atoms with Gasteiger partial charge in [0.25, 0.3) is 0 Å². The lowest BCUT2D eigenvalue weighted by Crippen LogP contribution is -2.21. The van der Waals surface area contributed by atoms with Crippen LogP contribution in [0.5, 0.6) is 17.2 Å². The summed E-state index contributed by atoms with van der Waals surface area (Å²) in [5.74, 6) is 1.76. The van der Waals surface area contributed by atoms with Crippen LogP contribution in [0.25, 0.3) is 0 Å². The van der Waals surface area contributed by atoms with Gasteiger partial charge in [-0.3, -0.25) is 0 Å². The summed E-state index contributed by atoms with van der Waals surface area (Å²) in [5, 5.41) is 29.2. The molecule has 3 atom stereocenters. The second-order valence-corrected chi connectivity index (χ2v) is 9.76.